The van der Waals surface area contributed by atoms with Crippen LogP contribution in [0.5, 0.6) is 5.75 Å². The fraction of sp³-hybridized carbons (Fsp3) is 0.500. The largest absolute Gasteiger partial charge is 0.487 e. The lowest BCUT2D eigenvalue weighted by molar-refractivity contribution is -0.380. The second-order valence-electron chi connectivity index (χ2n) is 3.81. The zero-order valence-electron chi connectivity index (χ0n) is 9.94. The van der Waals surface area contributed by atoms with Crippen molar-refractivity contribution in [1.82, 2.24) is 0 Å². The van der Waals surface area contributed by atoms with Crippen molar-refractivity contribution in [1.29, 1.82) is 0 Å². The van der Waals surface area contributed by atoms with Crippen LogP contribution in [0.25, 0.3) is 0 Å². The predicted molar refractivity (Wildman–Crippen MR) is 64.6 cm³/mol. The topological polar surface area (TPSA) is 52.7 Å². The molecule has 2 rings (SSSR count). The molecule has 5 heteroatoms. The number of nitroso groups, excluding NO2 is 1. The van der Waals surface area contributed by atoms with Crippen molar-refractivity contribution in [2.75, 3.05) is 37.8 Å². The quantitative estimate of drug-likeness (QED) is 0.823. The Morgan fingerprint density at radius 3 is 2.82 bits per heavy atom. The van der Waals surface area contributed by atoms with Crippen molar-refractivity contribution >= 4 is 11.4 Å². The molecular formula is C12H17N2O3+. The summed E-state index contributed by atoms with van der Waals surface area (Å²) in [4.78, 5) is 13.0. The molecule has 1 heterocycles. The van der Waals surface area contributed by atoms with E-state index in [1.165, 1.54) is 0 Å². The van der Waals surface area contributed by atoms with Crippen molar-refractivity contribution in [3.8, 4) is 5.75 Å². The van der Waals surface area contributed by atoms with Gasteiger partial charge in [0.25, 0.3) is 5.69 Å². The van der Waals surface area contributed by atoms with Crippen LogP contribution in [0.2, 0.25) is 0 Å². The van der Waals surface area contributed by atoms with Gasteiger partial charge in [-0.15, -0.1) is 0 Å². The number of nitrogens with zero attached hydrogens (tertiary/aromatic N) is 1. The van der Waals surface area contributed by atoms with Crippen LogP contribution in [0, 0.1) is 4.91 Å². The van der Waals surface area contributed by atoms with Gasteiger partial charge in [0, 0.05) is 41.0 Å². The molecule has 0 aromatic heterocycles. The molecule has 0 spiro atoms. The number of ether oxygens (including phenoxy) is 2. The lowest BCUT2D eigenvalue weighted by atomic mass is 10.2. The molecule has 5 nitrogen and oxygen atoms in total. The highest BCUT2D eigenvalue weighted by molar-refractivity contribution is 5.58. The number of morpholine rings is 1. The number of nitrogens with one attached hydrogen (secondary N) is 1. The number of anilines is 1. The van der Waals surface area contributed by atoms with Crippen LogP contribution in [0.4, 0.5) is 11.4 Å². The zero-order valence-corrected chi connectivity index (χ0v) is 9.94. The third-order valence-corrected chi connectivity index (χ3v) is 2.75. The zero-order chi connectivity index (χ0) is 12.1. The van der Waals surface area contributed by atoms with Crippen LogP contribution < -0.4 is 14.8 Å². The molecular weight excluding hydrogens is 220 g/mol. The van der Waals surface area contributed by atoms with Gasteiger partial charge in [0.2, 0.25) is 0 Å². The Balaban J connectivity index is 2.22. The highest BCUT2D eigenvalue weighted by Crippen LogP contribution is 2.27. The summed E-state index contributed by atoms with van der Waals surface area (Å²) >= 11 is 0. The molecule has 92 valence electrons. The molecule has 0 radical (unpaired) electrons. The van der Waals surface area contributed by atoms with E-state index in [-0.39, 0.29) is 0 Å². The number of hydrogen-bond acceptors (Lipinski definition) is 4. The maximum atomic E-state index is 10.8. The molecule has 1 fully saturated rings. The first kappa shape index (κ1) is 11.9. The van der Waals surface area contributed by atoms with Gasteiger partial charge in [0.1, 0.15) is 0 Å². The molecule has 0 atom stereocenters. The van der Waals surface area contributed by atoms with Crippen molar-refractivity contribution in [3.63, 3.8) is 0 Å². The Morgan fingerprint density at radius 2 is 2.18 bits per heavy atom. The number of benzene rings is 1. The first-order valence-corrected chi connectivity index (χ1v) is 5.83. The smallest absolute Gasteiger partial charge is 0.295 e. The molecule has 0 saturated carbocycles. The average molecular weight is 237 g/mol. The Kier molecular flexibility index (Phi) is 3.93. The van der Waals surface area contributed by atoms with Gasteiger partial charge in [-0.25, -0.2) is 0 Å². The SMILES string of the molecule is CCOc1cc(N2CCOCC2)ccc1[NH+]=O. The maximum Gasteiger partial charge on any atom is 0.295 e. The van der Waals surface area contributed by atoms with Gasteiger partial charge in [0.05, 0.1) is 19.8 Å². The average Bonchev–Trinajstić information content (AvgIpc) is 2.40. The molecule has 1 aromatic rings. The summed E-state index contributed by atoms with van der Waals surface area (Å²) in [6.45, 7) is 5.67. The molecule has 0 aliphatic carbocycles. The van der Waals surface area contributed by atoms with Crippen molar-refractivity contribution in [2.24, 2.45) is 0 Å². The Hall–Kier alpha value is -1.62. The highest BCUT2D eigenvalue weighted by Gasteiger charge is 2.16. The fourth-order valence-electron chi connectivity index (χ4n) is 1.89. The Labute approximate surface area is 100 Å². The lowest BCUT2D eigenvalue weighted by Gasteiger charge is -2.28. The number of hydrogen-bond donors (Lipinski definition) is 1. The first-order valence-electron chi connectivity index (χ1n) is 5.83. The van der Waals surface area contributed by atoms with Crippen molar-refractivity contribution in [3.05, 3.63) is 23.1 Å². The minimum atomic E-state index is 0.476. The molecule has 1 aliphatic heterocycles. The van der Waals surface area contributed by atoms with E-state index >= 15 is 0 Å². The van der Waals surface area contributed by atoms with Crippen molar-refractivity contribution in [2.45, 2.75) is 6.92 Å². The number of rotatable bonds is 4. The molecule has 0 amide bonds. The normalized spacial score (nSPS) is 15.7. The van der Waals surface area contributed by atoms with Gasteiger partial charge in [-0.1, -0.05) is 0 Å². The molecule has 1 aliphatic rings. The van der Waals surface area contributed by atoms with E-state index in [9.17, 15) is 4.91 Å². The van der Waals surface area contributed by atoms with Gasteiger partial charge in [-0.3, -0.25) is 0 Å². The summed E-state index contributed by atoms with van der Waals surface area (Å²) < 4.78 is 10.7. The monoisotopic (exact) mass is 237 g/mol. The summed E-state index contributed by atoms with van der Waals surface area (Å²) in [7, 11) is 0. The van der Waals surface area contributed by atoms with Crippen LogP contribution in [0.1, 0.15) is 6.92 Å². The highest BCUT2D eigenvalue weighted by atomic mass is 16.5. The molecule has 0 unspecified atom stereocenters. The van der Waals surface area contributed by atoms with Gasteiger partial charge < -0.3 is 14.4 Å². The van der Waals surface area contributed by atoms with Gasteiger partial charge in [0.15, 0.2) is 5.75 Å². The van der Waals surface area contributed by atoms with Crippen LogP contribution in [-0.2, 0) is 4.74 Å². The summed E-state index contributed by atoms with van der Waals surface area (Å²) in [6, 6.07) is 5.58. The van der Waals surface area contributed by atoms with Crippen LogP contribution in [-0.4, -0.2) is 32.9 Å². The van der Waals surface area contributed by atoms with Gasteiger partial charge >= 0.3 is 0 Å². The molecule has 1 N–H and O–H groups in total. The summed E-state index contributed by atoms with van der Waals surface area (Å²) in [5.41, 5.74) is 1.54. The van der Waals surface area contributed by atoms with Crippen molar-refractivity contribution < 1.29 is 14.7 Å². The predicted octanol–water partition coefficient (Wildman–Crippen LogP) is 0.400. The van der Waals surface area contributed by atoms with E-state index in [1.807, 2.05) is 24.2 Å². The summed E-state index contributed by atoms with van der Waals surface area (Å²) in [5.74, 6) is 0.603. The molecule has 1 aromatic carbocycles. The van der Waals surface area contributed by atoms with Crippen LogP contribution >= 0.6 is 0 Å². The minimum Gasteiger partial charge on any atom is -0.487 e. The van der Waals surface area contributed by atoms with Gasteiger partial charge in [-0.05, 0) is 13.0 Å². The fourth-order valence-corrected chi connectivity index (χ4v) is 1.89. The second-order valence-corrected chi connectivity index (χ2v) is 3.81. The third kappa shape index (κ3) is 2.74. The van der Waals surface area contributed by atoms with E-state index < -0.39 is 0 Å². The molecule has 17 heavy (non-hydrogen) atoms. The second kappa shape index (κ2) is 5.63. The van der Waals surface area contributed by atoms with E-state index in [1.54, 1.807) is 6.07 Å². The molecule has 0 bridgehead atoms. The van der Waals surface area contributed by atoms with E-state index in [0.29, 0.717) is 18.0 Å². The van der Waals surface area contributed by atoms with E-state index in [2.05, 4.69) is 4.90 Å². The Morgan fingerprint density at radius 1 is 1.41 bits per heavy atom. The lowest BCUT2D eigenvalue weighted by Crippen LogP contribution is -2.55. The minimum absolute atomic E-state index is 0.476. The summed E-state index contributed by atoms with van der Waals surface area (Å²) in [5, 5.41) is 1.89. The summed E-state index contributed by atoms with van der Waals surface area (Å²) in [6.07, 6.45) is 0. The third-order valence-electron chi connectivity index (χ3n) is 2.75. The van der Waals surface area contributed by atoms with Crippen LogP contribution in [0.3, 0.4) is 0 Å². The van der Waals surface area contributed by atoms with E-state index in [4.69, 9.17) is 9.47 Å². The van der Waals surface area contributed by atoms with Gasteiger partial charge in [-0.2, -0.15) is 0 Å². The standard InChI is InChI=1S/C12H16N2O3/c1-2-17-12-9-10(3-4-11(12)13-15)14-5-7-16-8-6-14/h3-4,9H,2,5-8H2,1H3/p+1. The molecule has 1 saturated heterocycles. The maximum absolute atomic E-state index is 10.8. The Bertz CT molecular complexity index is 389. The van der Waals surface area contributed by atoms with Crippen LogP contribution in [0.15, 0.2) is 18.2 Å². The van der Waals surface area contributed by atoms with E-state index in [0.717, 1.165) is 32.0 Å². The first-order chi connectivity index (χ1) is 8.35.